The van der Waals surface area contributed by atoms with Crippen molar-refractivity contribution in [2.24, 2.45) is 5.92 Å². The lowest BCUT2D eigenvalue weighted by atomic mass is 9.69. The fourth-order valence-corrected chi connectivity index (χ4v) is 8.75. The Bertz CT molecular complexity index is 1720. The van der Waals surface area contributed by atoms with Crippen LogP contribution in [0.3, 0.4) is 0 Å². The molecule has 0 aromatic heterocycles. The molecular formula is C45H58N4O2. The number of benzene rings is 4. The highest BCUT2D eigenvalue weighted by Crippen LogP contribution is 2.47. The number of aryl methyl sites for hydroxylation is 1. The first-order valence-corrected chi connectivity index (χ1v) is 19.6. The van der Waals surface area contributed by atoms with E-state index < -0.39 is 0 Å². The SMILES string of the molecule is CC.CC.CN1Cc2cc(N3CCN(CC4CCN(c5ccc(C6c7ccc(O)cc7CCC6c6ccccc6)cc5)CC4)CC3)ccc2C1=O. The quantitative estimate of drug-likeness (QED) is 0.220. The Morgan fingerprint density at radius 1 is 0.667 bits per heavy atom. The van der Waals surface area contributed by atoms with Crippen molar-refractivity contribution in [3.8, 4) is 5.75 Å². The number of carbonyl (C=O) groups excluding carboxylic acids is 1. The molecule has 4 aliphatic rings. The van der Waals surface area contributed by atoms with E-state index in [0.29, 0.717) is 11.7 Å². The van der Waals surface area contributed by atoms with Gasteiger partial charge >= 0.3 is 0 Å². The van der Waals surface area contributed by atoms with Crippen LogP contribution in [0, 0.1) is 5.92 Å². The van der Waals surface area contributed by atoms with E-state index >= 15 is 0 Å². The van der Waals surface area contributed by atoms with Crippen molar-refractivity contribution in [2.45, 2.75) is 71.8 Å². The molecule has 6 nitrogen and oxygen atoms in total. The molecule has 3 heterocycles. The van der Waals surface area contributed by atoms with Crippen molar-refractivity contribution in [3.63, 3.8) is 0 Å². The number of rotatable bonds is 6. The van der Waals surface area contributed by atoms with Crippen molar-refractivity contribution in [1.29, 1.82) is 0 Å². The number of piperazine rings is 1. The maximum absolute atomic E-state index is 12.3. The van der Waals surface area contributed by atoms with Crippen LogP contribution in [0.15, 0.2) is 91.0 Å². The van der Waals surface area contributed by atoms with E-state index in [4.69, 9.17) is 0 Å². The number of hydrogen-bond donors (Lipinski definition) is 1. The number of fused-ring (bicyclic) bond motifs is 2. The Morgan fingerprint density at radius 3 is 2.04 bits per heavy atom. The Hall–Kier alpha value is -4.29. The van der Waals surface area contributed by atoms with Crippen molar-refractivity contribution < 1.29 is 9.90 Å². The number of hydrogen-bond acceptors (Lipinski definition) is 5. The molecule has 270 valence electrons. The molecule has 0 bridgehead atoms. The average molecular weight is 687 g/mol. The Kier molecular flexibility index (Phi) is 12.0. The molecular weight excluding hydrogens is 629 g/mol. The average Bonchev–Trinajstić information content (AvgIpc) is 3.48. The molecule has 2 saturated heterocycles. The van der Waals surface area contributed by atoms with Gasteiger partial charge in [0.05, 0.1) is 0 Å². The lowest BCUT2D eigenvalue weighted by molar-refractivity contribution is 0.0816. The molecule has 4 aromatic rings. The minimum atomic E-state index is 0.143. The van der Waals surface area contributed by atoms with Gasteiger partial charge in [-0.25, -0.2) is 0 Å². The van der Waals surface area contributed by atoms with Crippen molar-refractivity contribution >= 4 is 17.3 Å². The first kappa shape index (κ1) is 36.5. The Labute approximate surface area is 306 Å². The molecule has 2 atom stereocenters. The Morgan fingerprint density at radius 2 is 1.33 bits per heavy atom. The van der Waals surface area contributed by atoms with E-state index in [0.717, 1.165) is 75.7 Å². The van der Waals surface area contributed by atoms with Gasteiger partial charge in [0.15, 0.2) is 0 Å². The Balaban J connectivity index is 0.00000108. The number of piperidine rings is 1. The number of amides is 1. The molecule has 1 aliphatic carbocycles. The number of anilines is 2. The molecule has 4 aromatic carbocycles. The van der Waals surface area contributed by atoms with Crippen LogP contribution in [-0.4, -0.2) is 73.7 Å². The topological polar surface area (TPSA) is 50.3 Å². The molecule has 3 aliphatic heterocycles. The minimum absolute atomic E-state index is 0.143. The van der Waals surface area contributed by atoms with Crippen LogP contribution < -0.4 is 9.80 Å². The van der Waals surface area contributed by atoms with E-state index in [1.54, 1.807) is 4.90 Å². The zero-order valence-corrected chi connectivity index (χ0v) is 31.5. The summed E-state index contributed by atoms with van der Waals surface area (Å²) in [5.74, 6) is 1.97. The first-order chi connectivity index (χ1) is 25.0. The highest BCUT2D eigenvalue weighted by atomic mass is 16.3. The summed E-state index contributed by atoms with van der Waals surface area (Å²) in [7, 11) is 1.88. The van der Waals surface area contributed by atoms with Gasteiger partial charge in [0.1, 0.15) is 5.75 Å². The van der Waals surface area contributed by atoms with Crippen LogP contribution in [0.5, 0.6) is 5.75 Å². The molecule has 2 unspecified atom stereocenters. The van der Waals surface area contributed by atoms with Gasteiger partial charge in [0.2, 0.25) is 0 Å². The standard InChI is InChI=1S/C41H46N4O2.2C2H6/c1-42-28-33-25-35(12-15-39(33)41(42)47)45-23-21-43(22-24-45)27-29-17-19-44(20-18-29)34-10-7-31(8-11-34)40-37(30-5-3-2-4-6-30)14-9-32-26-36(46)13-16-38(32)40;2*1-2/h2-8,10-13,15-16,25-26,29,37,40,46H,9,14,17-24,27-28H2,1H3;2*1-2H3. The molecule has 0 radical (unpaired) electrons. The van der Waals surface area contributed by atoms with Crippen LogP contribution in [-0.2, 0) is 13.0 Å². The van der Waals surface area contributed by atoms with Crippen molar-refractivity contribution in [3.05, 3.63) is 124 Å². The fourth-order valence-electron chi connectivity index (χ4n) is 8.75. The summed E-state index contributed by atoms with van der Waals surface area (Å²) in [4.78, 5) is 21.8. The number of phenolic OH excluding ortho intramolecular Hbond substituents is 1. The largest absolute Gasteiger partial charge is 0.508 e. The highest BCUT2D eigenvalue weighted by Gasteiger charge is 2.33. The van der Waals surface area contributed by atoms with Gasteiger partial charge in [0.25, 0.3) is 5.91 Å². The minimum Gasteiger partial charge on any atom is -0.508 e. The second kappa shape index (κ2) is 16.8. The zero-order chi connectivity index (χ0) is 35.9. The van der Waals surface area contributed by atoms with Crippen molar-refractivity contribution in [1.82, 2.24) is 9.80 Å². The predicted octanol–water partition coefficient (Wildman–Crippen LogP) is 8.93. The van der Waals surface area contributed by atoms with Crippen LogP contribution >= 0.6 is 0 Å². The van der Waals surface area contributed by atoms with Gasteiger partial charge in [-0.15, -0.1) is 0 Å². The van der Waals surface area contributed by atoms with Crippen molar-refractivity contribution in [2.75, 3.05) is 62.7 Å². The van der Waals surface area contributed by atoms with E-state index in [1.807, 2.05) is 52.9 Å². The number of phenols is 1. The number of nitrogens with zero attached hydrogens (tertiary/aromatic N) is 4. The maximum atomic E-state index is 12.3. The summed E-state index contributed by atoms with van der Waals surface area (Å²) in [5.41, 5.74) is 10.0. The van der Waals surface area contributed by atoms with Gasteiger partial charge in [-0.1, -0.05) is 76.2 Å². The van der Waals surface area contributed by atoms with Gasteiger partial charge in [-0.05, 0) is 108 Å². The highest BCUT2D eigenvalue weighted by molar-refractivity contribution is 5.98. The molecule has 0 saturated carbocycles. The number of carbonyl (C=O) groups is 1. The lowest BCUT2D eigenvalue weighted by Gasteiger charge is -2.40. The molecule has 2 fully saturated rings. The summed E-state index contributed by atoms with van der Waals surface area (Å²) in [6.45, 7) is 16.4. The summed E-state index contributed by atoms with van der Waals surface area (Å²) in [5, 5.41) is 10.2. The van der Waals surface area contributed by atoms with E-state index in [1.165, 1.54) is 53.0 Å². The normalized spacial score (nSPS) is 20.5. The number of aromatic hydroxyl groups is 1. The van der Waals surface area contributed by atoms with Crippen LogP contribution in [0.2, 0.25) is 0 Å². The second-order valence-electron chi connectivity index (χ2n) is 14.2. The van der Waals surface area contributed by atoms with E-state index in [-0.39, 0.29) is 11.8 Å². The molecule has 1 amide bonds. The molecule has 51 heavy (non-hydrogen) atoms. The van der Waals surface area contributed by atoms with Gasteiger partial charge in [-0.3, -0.25) is 9.69 Å². The monoisotopic (exact) mass is 686 g/mol. The van der Waals surface area contributed by atoms with Gasteiger partial charge < -0.3 is 19.8 Å². The van der Waals surface area contributed by atoms with Crippen LogP contribution in [0.4, 0.5) is 11.4 Å². The third kappa shape index (κ3) is 7.97. The van der Waals surface area contributed by atoms with E-state index in [2.05, 4.69) is 87.5 Å². The third-order valence-corrected chi connectivity index (χ3v) is 11.4. The summed E-state index contributed by atoms with van der Waals surface area (Å²) in [6, 6.07) is 32.8. The predicted molar refractivity (Wildman–Crippen MR) is 212 cm³/mol. The molecule has 6 heteroatoms. The molecule has 8 rings (SSSR count). The lowest BCUT2D eigenvalue weighted by Crippen LogP contribution is -2.49. The zero-order valence-electron chi connectivity index (χ0n) is 31.5. The van der Waals surface area contributed by atoms with E-state index in [9.17, 15) is 9.90 Å². The first-order valence-electron chi connectivity index (χ1n) is 19.6. The smallest absolute Gasteiger partial charge is 0.254 e. The second-order valence-corrected chi connectivity index (χ2v) is 14.2. The molecule has 0 spiro atoms. The third-order valence-electron chi connectivity index (χ3n) is 11.4. The summed E-state index contributed by atoms with van der Waals surface area (Å²) >= 11 is 0. The van der Waals surface area contributed by atoms with Crippen LogP contribution in [0.1, 0.15) is 97.0 Å². The van der Waals surface area contributed by atoms with Gasteiger partial charge in [0, 0.05) is 82.3 Å². The molecule has 1 N–H and O–H groups in total. The van der Waals surface area contributed by atoms with Crippen LogP contribution in [0.25, 0.3) is 0 Å². The maximum Gasteiger partial charge on any atom is 0.254 e. The summed E-state index contributed by atoms with van der Waals surface area (Å²) in [6.07, 6.45) is 4.57. The summed E-state index contributed by atoms with van der Waals surface area (Å²) < 4.78 is 0. The van der Waals surface area contributed by atoms with Gasteiger partial charge in [-0.2, -0.15) is 0 Å². The fraction of sp³-hybridized carbons (Fsp3) is 0.444.